The Morgan fingerprint density at radius 3 is 2.34 bits per heavy atom. The molecule has 0 radical (unpaired) electrons. The molecule has 3 rings (SSSR count). The molecule has 0 aliphatic rings. The number of nitrogens with zero attached hydrogens (tertiary/aromatic N) is 2. The van der Waals surface area contributed by atoms with Crippen LogP contribution in [0.3, 0.4) is 0 Å². The van der Waals surface area contributed by atoms with Crippen LogP contribution in [0, 0.1) is 5.92 Å². The number of amidine groups is 1. The SMILES string of the molecule is C=Cc1ccc(=O)n(Cc2ccccc2C(F)(F)F)c1N=C(Nc1ccc(NC(CCC)CCN)cc1)C(C)CC. The molecule has 41 heavy (non-hydrogen) atoms. The Labute approximate surface area is 240 Å². The average Bonchev–Trinajstić information content (AvgIpc) is 2.95. The first-order chi connectivity index (χ1) is 19.6. The third kappa shape index (κ3) is 8.57. The predicted octanol–water partition coefficient (Wildman–Crippen LogP) is 7.68. The number of hydrogen-bond donors (Lipinski definition) is 3. The fourth-order valence-corrected chi connectivity index (χ4v) is 4.57. The van der Waals surface area contributed by atoms with Crippen LogP contribution in [-0.2, 0) is 12.7 Å². The molecule has 1 aromatic heterocycles. The summed E-state index contributed by atoms with van der Waals surface area (Å²) in [6, 6.07) is 16.3. The number of nitrogens with two attached hydrogens (primary N) is 1. The standard InChI is InChI=1S/C32H40F3N5O/c1-5-10-25(19-20-36)37-26-14-16-27(17-15-26)38-30(22(4)6-2)39-31-23(7-3)13-18-29(41)40(31)21-24-11-8-9-12-28(24)32(33,34)35/h7-9,11-18,22,25,37H,3,5-6,10,19-21,36H2,1-2,4H3,(H,38,39). The molecule has 4 N–H and O–H groups in total. The Morgan fingerprint density at radius 1 is 1.05 bits per heavy atom. The maximum Gasteiger partial charge on any atom is 0.416 e. The van der Waals surface area contributed by atoms with Crippen molar-refractivity contribution >= 4 is 29.1 Å². The summed E-state index contributed by atoms with van der Waals surface area (Å²) in [5.41, 5.74) is 6.83. The first-order valence-electron chi connectivity index (χ1n) is 14.0. The second-order valence-electron chi connectivity index (χ2n) is 10.1. The van der Waals surface area contributed by atoms with Gasteiger partial charge in [0.1, 0.15) is 11.7 Å². The minimum atomic E-state index is -4.55. The smallest absolute Gasteiger partial charge is 0.382 e. The van der Waals surface area contributed by atoms with E-state index in [1.807, 2.05) is 38.1 Å². The lowest BCUT2D eigenvalue weighted by molar-refractivity contribution is -0.138. The van der Waals surface area contributed by atoms with E-state index in [0.717, 1.165) is 43.1 Å². The monoisotopic (exact) mass is 567 g/mol. The summed E-state index contributed by atoms with van der Waals surface area (Å²) < 4.78 is 42.4. The zero-order valence-corrected chi connectivity index (χ0v) is 24.0. The van der Waals surface area contributed by atoms with Gasteiger partial charge in [-0.2, -0.15) is 13.2 Å². The van der Waals surface area contributed by atoms with Gasteiger partial charge in [-0.1, -0.05) is 58.0 Å². The molecule has 0 amide bonds. The van der Waals surface area contributed by atoms with Crippen LogP contribution >= 0.6 is 0 Å². The number of benzene rings is 2. The lowest BCUT2D eigenvalue weighted by atomic mass is 10.1. The van der Waals surface area contributed by atoms with E-state index in [0.29, 0.717) is 24.0 Å². The first kappa shape index (κ1) is 31.7. The van der Waals surface area contributed by atoms with E-state index >= 15 is 0 Å². The third-order valence-electron chi connectivity index (χ3n) is 7.04. The highest BCUT2D eigenvalue weighted by Crippen LogP contribution is 2.33. The van der Waals surface area contributed by atoms with Crippen LogP contribution in [0.2, 0.25) is 0 Å². The van der Waals surface area contributed by atoms with Crippen molar-refractivity contribution in [3.8, 4) is 0 Å². The Hall–Kier alpha value is -3.85. The fraction of sp³-hybridized carbons (Fsp3) is 0.375. The summed E-state index contributed by atoms with van der Waals surface area (Å²) in [6.07, 6.45) is 0.723. The molecule has 2 atom stereocenters. The second-order valence-corrected chi connectivity index (χ2v) is 10.1. The van der Waals surface area contributed by atoms with Gasteiger partial charge >= 0.3 is 6.18 Å². The number of aromatic nitrogens is 1. The highest BCUT2D eigenvalue weighted by molar-refractivity contribution is 5.98. The topological polar surface area (TPSA) is 84.4 Å². The van der Waals surface area contributed by atoms with Crippen molar-refractivity contribution < 1.29 is 13.2 Å². The molecule has 0 fully saturated rings. The molecule has 0 aliphatic heterocycles. The van der Waals surface area contributed by atoms with Crippen molar-refractivity contribution in [3.63, 3.8) is 0 Å². The van der Waals surface area contributed by atoms with Gasteiger partial charge in [-0.3, -0.25) is 9.36 Å². The Balaban J connectivity index is 2.01. The molecule has 0 aliphatic carbocycles. The summed E-state index contributed by atoms with van der Waals surface area (Å²) in [4.78, 5) is 17.9. The van der Waals surface area contributed by atoms with Gasteiger partial charge in [0.05, 0.1) is 12.1 Å². The predicted molar refractivity (Wildman–Crippen MR) is 164 cm³/mol. The highest BCUT2D eigenvalue weighted by atomic mass is 19.4. The normalized spacial score (nSPS) is 13.5. The second kappa shape index (κ2) is 14.7. The largest absolute Gasteiger partial charge is 0.416 e. The number of alkyl halides is 3. The molecule has 2 aromatic carbocycles. The summed E-state index contributed by atoms with van der Waals surface area (Å²) in [6.45, 7) is 10.3. The van der Waals surface area contributed by atoms with E-state index in [1.54, 1.807) is 12.1 Å². The third-order valence-corrected chi connectivity index (χ3v) is 7.04. The van der Waals surface area contributed by atoms with Gasteiger partial charge in [0.25, 0.3) is 5.56 Å². The minimum absolute atomic E-state index is 0.0167. The molecule has 2 unspecified atom stereocenters. The van der Waals surface area contributed by atoms with E-state index in [9.17, 15) is 18.0 Å². The lowest BCUT2D eigenvalue weighted by Gasteiger charge is -2.21. The van der Waals surface area contributed by atoms with Gasteiger partial charge in [-0.05, 0) is 67.8 Å². The van der Waals surface area contributed by atoms with Crippen LogP contribution in [0.5, 0.6) is 0 Å². The zero-order valence-electron chi connectivity index (χ0n) is 24.0. The maximum atomic E-state index is 13.7. The van der Waals surface area contributed by atoms with Crippen molar-refractivity contribution in [1.29, 1.82) is 0 Å². The zero-order chi connectivity index (χ0) is 30.0. The molecule has 3 aromatic rings. The van der Waals surface area contributed by atoms with Gasteiger partial charge in [-0.25, -0.2) is 4.99 Å². The highest BCUT2D eigenvalue weighted by Gasteiger charge is 2.33. The molecular formula is C32H40F3N5O. The Bertz CT molecular complexity index is 1370. The number of nitrogens with one attached hydrogen (secondary N) is 2. The number of hydrogen-bond acceptors (Lipinski definition) is 4. The summed E-state index contributed by atoms with van der Waals surface area (Å²) in [5.74, 6) is 0.802. The summed E-state index contributed by atoms with van der Waals surface area (Å²) in [5, 5.41) is 6.91. The summed E-state index contributed by atoms with van der Waals surface area (Å²) >= 11 is 0. The van der Waals surface area contributed by atoms with Crippen LogP contribution in [-0.4, -0.2) is 23.0 Å². The lowest BCUT2D eigenvalue weighted by Crippen LogP contribution is -2.25. The number of anilines is 2. The van der Waals surface area contributed by atoms with E-state index in [2.05, 4.69) is 24.1 Å². The van der Waals surface area contributed by atoms with Crippen LogP contribution < -0.4 is 21.9 Å². The molecule has 6 nitrogen and oxygen atoms in total. The maximum absolute atomic E-state index is 13.7. The number of pyridine rings is 1. The van der Waals surface area contributed by atoms with Crippen LogP contribution in [0.15, 0.2) is 77.0 Å². The fourth-order valence-electron chi connectivity index (χ4n) is 4.57. The number of aliphatic imine (C=N–C) groups is 1. The van der Waals surface area contributed by atoms with Crippen molar-refractivity contribution in [2.75, 3.05) is 17.2 Å². The van der Waals surface area contributed by atoms with Gasteiger partial charge in [0, 0.05) is 35.0 Å². The molecule has 0 saturated heterocycles. The van der Waals surface area contributed by atoms with Crippen LogP contribution in [0.1, 0.15) is 63.1 Å². The van der Waals surface area contributed by atoms with Gasteiger partial charge in [-0.15, -0.1) is 0 Å². The van der Waals surface area contributed by atoms with E-state index in [4.69, 9.17) is 10.7 Å². The molecular weight excluding hydrogens is 527 g/mol. The average molecular weight is 568 g/mol. The minimum Gasteiger partial charge on any atom is -0.382 e. The van der Waals surface area contributed by atoms with Gasteiger partial charge in [0.15, 0.2) is 0 Å². The first-order valence-corrected chi connectivity index (χ1v) is 14.0. The van der Waals surface area contributed by atoms with E-state index < -0.39 is 17.3 Å². The number of rotatable bonds is 13. The van der Waals surface area contributed by atoms with Gasteiger partial charge < -0.3 is 16.4 Å². The molecule has 0 spiro atoms. The molecule has 9 heteroatoms. The van der Waals surface area contributed by atoms with Crippen LogP contribution in [0.25, 0.3) is 6.08 Å². The van der Waals surface area contributed by atoms with Gasteiger partial charge in [0.2, 0.25) is 0 Å². The van der Waals surface area contributed by atoms with Crippen molar-refractivity contribution in [1.82, 2.24) is 4.57 Å². The summed E-state index contributed by atoms with van der Waals surface area (Å²) in [7, 11) is 0. The van der Waals surface area contributed by atoms with Crippen LogP contribution in [0.4, 0.5) is 30.4 Å². The Kier molecular flexibility index (Phi) is 11.3. The molecule has 0 bridgehead atoms. The quantitative estimate of drug-likeness (QED) is 0.146. The molecule has 220 valence electrons. The van der Waals surface area contributed by atoms with Crippen molar-refractivity contribution in [2.24, 2.45) is 16.6 Å². The Morgan fingerprint density at radius 2 is 1.73 bits per heavy atom. The van der Waals surface area contributed by atoms with E-state index in [-0.39, 0.29) is 23.8 Å². The molecule has 1 heterocycles. The van der Waals surface area contributed by atoms with Crippen molar-refractivity contribution in [3.05, 3.63) is 94.3 Å². The van der Waals surface area contributed by atoms with E-state index in [1.165, 1.54) is 28.8 Å². The van der Waals surface area contributed by atoms with Crippen molar-refractivity contribution in [2.45, 2.75) is 65.2 Å². The molecule has 0 saturated carbocycles. The number of halogens is 3.